The summed E-state index contributed by atoms with van der Waals surface area (Å²) in [7, 11) is 0. The van der Waals surface area contributed by atoms with Crippen molar-refractivity contribution in [2.45, 2.75) is 0 Å². The van der Waals surface area contributed by atoms with Crippen molar-refractivity contribution in [3.63, 3.8) is 0 Å². The Kier molecular flexibility index (Phi) is 2.67. The first kappa shape index (κ1) is 9.29. The minimum absolute atomic E-state index is 0.189. The van der Waals surface area contributed by atoms with Crippen LogP contribution >= 0.6 is 11.3 Å². The summed E-state index contributed by atoms with van der Waals surface area (Å²) in [5, 5.41) is 10.1. The summed E-state index contributed by atoms with van der Waals surface area (Å²) in [4.78, 5) is 20.9. The van der Waals surface area contributed by atoms with Crippen molar-refractivity contribution in [1.29, 1.82) is 0 Å². The number of primary amides is 1. The van der Waals surface area contributed by atoms with E-state index in [9.17, 15) is 9.59 Å². The van der Waals surface area contributed by atoms with E-state index < -0.39 is 11.9 Å². The van der Waals surface area contributed by atoms with Gasteiger partial charge in [0.1, 0.15) is 4.88 Å². The van der Waals surface area contributed by atoms with Crippen LogP contribution in [0.25, 0.3) is 0 Å². The van der Waals surface area contributed by atoms with E-state index in [0.29, 0.717) is 5.56 Å². The lowest BCUT2D eigenvalue weighted by Crippen LogP contribution is -2.05. The Bertz CT molecular complexity index is 411. The molecule has 0 unspecified atom stereocenters. The van der Waals surface area contributed by atoms with Crippen molar-refractivity contribution in [3.05, 3.63) is 21.9 Å². The third kappa shape index (κ3) is 2.61. The van der Waals surface area contributed by atoms with E-state index >= 15 is 0 Å². The molecule has 4 nitrogen and oxygen atoms in total. The number of hydrogen-bond donors (Lipinski definition) is 2. The lowest BCUT2D eigenvalue weighted by Gasteiger charge is -1.80. The first-order valence-corrected chi connectivity index (χ1v) is 4.11. The molecule has 0 atom stereocenters. The second-order valence-electron chi connectivity index (χ2n) is 2.12. The van der Waals surface area contributed by atoms with Crippen molar-refractivity contribution in [2.24, 2.45) is 5.73 Å². The van der Waals surface area contributed by atoms with Crippen molar-refractivity contribution in [1.82, 2.24) is 0 Å². The highest BCUT2D eigenvalue weighted by Crippen LogP contribution is 2.13. The summed E-state index contributed by atoms with van der Waals surface area (Å²) in [6, 6.07) is 1.39. The molecule has 0 bridgehead atoms. The van der Waals surface area contributed by atoms with E-state index in [1.807, 2.05) is 0 Å². The highest BCUT2D eigenvalue weighted by atomic mass is 32.1. The Morgan fingerprint density at radius 1 is 1.54 bits per heavy atom. The Balaban J connectivity index is 2.89. The number of thiophene rings is 1. The molecule has 0 aliphatic carbocycles. The number of aromatic carboxylic acids is 1. The molecular weight excluding hydrogens is 190 g/mol. The molecule has 1 amide bonds. The van der Waals surface area contributed by atoms with E-state index in [1.165, 1.54) is 6.07 Å². The second kappa shape index (κ2) is 3.74. The quantitative estimate of drug-likeness (QED) is 0.632. The molecule has 1 aromatic heterocycles. The van der Waals surface area contributed by atoms with Gasteiger partial charge in [0.25, 0.3) is 5.91 Å². The largest absolute Gasteiger partial charge is 0.477 e. The molecule has 0 aliphatic rings. The second-order valence-corrected chi connectivity index (χ2v) is 3.03. The number of nitrogens with two attached hydrogens (primary N) is 1. The fourth-order valence-corrected chi connectivity index (χ4v) is 1.32. The van der Waals surface area contributed by atoms with Gasteiger partial charge in [-0.1, -0.05) is 5.92 Å². The maximum atomic E-state index is 10.4. The molecule has 0 aliphatic heterocycles. The number of rotatable bonds is 1. The maximum Gasteiger partial charge on any atom is 0.345 e. The van der Waals surface area contributed by atoms with Gasteiger partial charge in [-0.3, -0.25) is 4.79 Å². The fraction of sp³-hybridized carbons (Fsp3) is 0. The van der Waals surface area contributed by atoms with Crippen molar-refractivity contribution < 1.29 is 14.7 Å². The zero-order valence-electron chi connectivity index (χ0n) is 6.40. The Labute approximate surface area is 78.0 Å². The minimum Gasteiger partial charge on any atom is -0.477 e. The van der Waals surface area contributed by atoms with Gasteiger partial charge in [-0.05, 0) is 6.07 Å². The number of carboxylic acids is 1. The van der Waals surface area contributed by atoms with Crippen LogP contribution in [0.3, 0.4) is 0 Å². The summed E-state index contributed by atoms with van der Waals surface area (Å²) >= 11 is 1.06. The predicted molar refractivity (Wildman–Crippen MR) is 47.4 cm³/mol. The van der Waals surface area contributed by atoms with Gasteiger partial charge in [0, 0.05) is 16.9 Å². The molecule has 1 aromatic rings. The summed E-state index contributed by atoms with van der Waals surface area (Å²) in [5.74, 6) is 2.82. The predicted octanol–water partition coefficient (Wildman–Crippen LogP) is 0.283. The first-order chi connectivity index (χ1) is 6.09. The van der Waals surface area contributed by atoms with Gasteiger partial charge >= 0.3 is 5.97 Å². The Morgan fingerprint density at radius 3 is 2.69 bits per heavy atom. The van der Waals surface area contributed by atoms with Crippen LogP contribution < -0.4 is 5.73 Å². The van der Waals surface area contributed by atoms with Gasteiger partial charge in [0.2, 0.25) is 0 Å². The molecule has 66 valence electrons. The molecule has 1 heterocycles. The summed E-state index contributed by atoms with van der Waals surface area (Å²) in [5.41, 5.74) is 5.27. The monoisotopic (exact) mass is 195 g/mol. The molecule has 0 saturated carbocycles. The smallest absolute Gasteiger partial charge is 0.345 e. The zero-order chi connectivity index (χ0) is 9.84. The van der Waals surface area contributed by atoms with E-state index in [1.54, 1.807) is 5.38 Å². The van der Waals surface area contributed by atoms with Gasteiger partial charge in [0.15, 0.2) is 0 Å². The van der Waals surface area contributed by atoms with E-state index in [0.717, 1.165) is 11.3 Å². The molecule has 5 heteroatoms. The fourth-order valence-electron chi connectivity index (χ4n) is 0.648. The maximum absolute atomic E-state index is 10.4. The number of carbonyl (C=O) groups excluding carboxylic acids is 1. The molecule has 0 radical (unpaired) electrons. The topological polar surface area (TPSA) is 80.4 Å². The summed E-state index contributed by atoms with van der Waals surface area (Å²) in [6.45, 7) is 0. The highest BCUT2D eigenvalue weighted by Gasteiger charge is 2.04. The van der Waals surface area contributed by atoms with Crippen molar-refractivity contribution in [2.75, 3.05) is 0 Å². The summed E-state index contributed by atoms with van der Waals surface area (Å²) in [6.07, 6.45) is 0. The average Bonchev–Trinajstić information content (AvgIpc) is 2.48. The van der Waals surface area contributed by atoms with Crippen LogP contribution in [0.4, 0.5) is 0 Å². The zero-order valence-corrected chi connectivity index (χ0v) is 7.22. The molecule has 13 heavy (non-hydrogen) atoms. The van der Waals surface area contributed by atoms with Crippen LogP contribution in [-0.4, -0.2) is 17.0 Å². The van der Waals surface area contributed by atoms with Crippen LogP contribution in [-0.2, 0) is 4.79 Å². The van der Waals surface area contributed by atoms with Gasteiger partial charge in [-0.25, -0.2) is 4.79 Å². The molecule has 3 N–H and O–H groups in total. The number of amides is 1. The average molecular weight is 195 g/mol. The number of hydrogen-bond acceptors (Lipinski definition) is 3. The Morgan fingerprint density at radius 2 is 2.23 bits per heavy atom. The van der Waals surface area contributed by atoms with Crippen molar-refractivity contribution in [3.8, 4) is 11.8 Å². The third-order valence-corrected chi connectivity index (χ3v) is 2.06. The van der Waals surface area contributed by atoms with Crippen LogP contribution in [0, 0.1) is 11.8 Å². The van der Waals surface area contributed by atoms with E-state index in [4.69, 9.17) is 10.8 Å². The molecule has 0 saturated heterocycles. The van der Waals surface area contributed by atoms with Crippen LogP contribution in [0.1, 0.15) is 15.2 Å². The standard InChI is InChI=1S/C8H5NO3S/c9-7(10)2-1-5-3-6(8(11)12)13-4-5/h3-4H,(H2,9,10)(H,11,12). The molecule has 0 aromatic carbocycles. The third-order valence-electron chi connectivity index (χ3n) is 1.14. The van der Waals surface area contributed by atoms with Crippen LogP contribution in [0.15, 0.2) is 11.4 Å². The molecule has 0 spiro atoms. The normalized spacial score (nSPS) is 8.62. The number of carboxylic acid groups (broad SMARTS) is 1. The minimum atomic E-state index is -1.00. The lowest BCUT2D eigenvalue weighted by molar-refractivity contribution is -0.112. The van der Waals surface area contributed by atoms with Crippen molar-refractivity contribution >= 4 is 23.2 Å². The molecule has 1 rings (SSSR count). The first-order valence-electron chi connectivity index (χ1n) is 3.23. The molecule has 0 fully saturated rings. The van der Waals surface area contributed by atoms with E-state index in [2.05, 4.69) is 11.8 Å². The Hall–Kier alpha value is -1.80. The van der Waals surface area contributed by atoms with Gasteiger partial charge in [0.05, 0.1) is 0 Å². The van der Waals surface area contributed by atoms with Gasteiger partial charge in [-0.15, -0.1) is 11.3 Å². The SMILES string of the molecule is NC(=O)C#Cc1csc(C(=O)O)c1. The van der Waals surface area contributed by atoms with Crippen LogP contribution in [0.5, 0.6) is 0 Å². The van der Waals surface area contributed by atoms with E-state index in [-0.39, 0.29) is 4.88 Å². The van der Waals surface area contributed by atoms with Gasteiger partial charge in [-0.2, -0.15) is 0 Å². The van der Waals surface area contributed by atoms with Crippen LogP contribution in [0.2, 0.25) is 0 Å². The lowest BCUT2D eigenvalue weighted by atomic mass is 10.3. The van der Waals surface area contributed by atoms with Gasteiger partial charge < -0.3 is 10.8 Å². The summed E-state index contributed by atoms with van der Waals surface area (Å²) < 4.78 is 0. The number of carbonyl (C=O) groups is 2. The molecular formula is C8H5NO3S. The highest BCUT2D eigenvalue weighted by molar-refractivity contribution is 7.12.